The van der Waals surface area contributed by atoms with Gasteiger partial charge in [0.05, 0.1) is 0 Å². The number of ketones is 1. The van der Waals surface area contributed by atoms with Crippen LogP contribution in [0.3, 0.4) is 0 Å². The molecule has 0 saturated carbocycles. The van der Waals surface area contributed by atoms with Crippen LogP contribution in [0.2, 0.25) is 0 Å². The van der Waals surface area contributed by atoms with Gasteiger partial charge in [-0.1, -0.05) is 25.5 Å². The SMILES string of the molecule is CCC/C(=C\c1ccc(F)cc1)C(C)=O. The third-order valence-electron chi connectivity index (χ3n) is 2.18. The highest BCUT2D eigenvalue weighted by atomic mass is 19.1. The maximum Gasteiger partial charge on any atom is 0.155 e. The Morgan fingerprint density at radius 3 is 2.40 bits per heavy atom. The van der Waals surface area contributed by atoms with Gasteiger partial charge in [-0.25, -0.2) is 4.39 Å². The molecule has 0 fully saturated rings. The molecule has 2 heteroatoms. The number of hydrogen-bond acceptors (Lipinski definition) is 1. The summed E-state index contributed by atoms with van der Waals surface area (Å²) in [4.78, 5) is 11.3. The molecular weight excluding hydrogens is 191 g/mol. The van der Waals surface area contributed by atoms with Crippen LogP contribution in [0.5, 0.6) is 0 Å². The minimum Gasteiger partial charge on any atom is -0.295 e. The zero-order chi connectivity index (χ0) is 11.3. The summed E-state index contributed by atoms with van der Waals surface area (Å²) in [7, 11) is 0. The summed E-state index contributed by atoms with van der Waals surface area (Å²) in [5, 5.41) is 0. The van der Waals surface area contributed by atoms with Gasteiger partial charge in [0.15, 0.2) is 5.78 Å². The van der Waals surface area contributed by atoms with Gasteiger partial charge in [0, 0.05) is 0 Å². The normalized spacial score (nSPS) is 11.5. The maximum atomic E-state index is 12.6. The summed E-state index contributed by atoms with van der Waals surface area (Å²) in [6.45, 7) is 3.59. The number of rotatable bonds is 4. The molecule has 0 unspecified atom stereocenters. The molecule has 0 atom stereocenters. The molecule has 1 rings (SSSR count). The first kappa shape index (κ1) is 11.6. The second kappa shape index (κ2) is 5.44. The maximum absolute atomic E-state index is 12.6. The summed E-state index contributed by atoms with van der Waals surface area (Å²) in [5.41, 5.74) is 1.67. The van der Waals surface area contributed by atoms with E-state index in [1.807, 2.05) is 13.0 Å². The molecule has 1 nitrogen and oxygen atoms in total. The number of Topliss-reactive ketones (excluding diaryl/α,β-unsaturated/α-hetero) is 1. The predicted octanol–water partition coefficient (Wildman–Crippen LogP) is 3.60. The number of allylic oxidation sites excluding steroid dienone is 1. The summed E-state index contributed by atoms with van der Waals surface area (Å²) in [6, 6.07) is 6.15. The van der Waals surface area contributed by atoms with Crippen LogP contribution in [0.4, 0.5) is 4.39 Å². The van der Waals surface area contributed by atoms with Crippen molar-refractivity contribution in [2.75, 3.05) is 0 Å². The molecule has 0 aromatic heterocycles. The highest BCUT2D eigenvalue weighted by Crippen LogP contribution is 2.13. The van der Waals surface area contributed by atoms with Crippen LogP contribution in [-0.2, 0) is 4.79 Å². The number of halogens is 1. The summed E-state index contributed by atoms with van der Waals surface area (Å²) < 4.78 is 12.6. The number of carbonyl (C=O) groups is 1. The molecule has 0 spiro atoms. The predicted molar refractivity (Wildman–Crippen MR) is 60.0 cm³/mol. The molecule has 0 bridgehead atoms. The third kappa shape index (κ3) is 3.66. The average Bonchev–Trinajstić information content (AvgIpc) is 2.20. The van der Waals surface area contributed by atoms with E-state index in [4.69, 9.17) is 0 Å². The first-order chi connectivity index (χ1) is 7.13. The van der Waals surface area contributed by atoms with Gasteiger partial charge in [-0.05, 0) is 42.7 Å². The van der Waals surface area contributed by atoms with E-state index in [2.05, 4.69) is 0 Å². The van der Waals surface area contributed by atoms with Gasteiger partial charge >= 0.3 is 0 Å². The Balaban J connectivity index is 2.91. The van der Waals surface area contributed by atoms with Crippen molar-refractivity contribution >= 4 is 11.9 Å². The van der Waals surface area contributed by atoms with Crippen LogP contribution in [-0.4, -0.2) is 5.78 Å². The van der Waals surface area contributed by atoms with E-state index in [1.54, 1.807) is 19.1 Å². The van der Waals surface area contributed by atoms with Crippen LogP contribution in [0.25, 0.3) is 6.08 Å². The molecule has 0 N–H and O–H groups in total. The average molecular weight is 206 g/mol. The molecule has 1 aromatic carbocycles. The zero-order valence-corrected chi connectivity index (χ0v) is 9.09. The first-order valence-electron chi connectivity index (χ1n) is 5.10. The van der Waals surface area contributed by atoms with Crippen molar-refractivity contribution in [2.24, 2.45) is 0 Å². The fourth-order valence-corrected chi connectivity index (χ4v) is 1.38. The van der Waals surface area contributed by atoms with E-state index in [0.29, 0.717) is 0 Å². The Labute approximate surface area is 89.6 Å². The van der Waals surface area contributed by atoms with Gasteiger partial charge in [0.2, 0.25) is 0 Å². The van der Waals surface area contributed by atoms with Crippen LogP contribution in [0.1, 0.15) is 32.3 Å². The molecule has 15 heavy (non-hydrogen) atoms. The van der Waals surface area contributed by atoms with Crippen molar-refractivity contribution < 1.29 is 9.18 Å². The monoisotopic (exact) mass is 206 g/mol. The van der Waals surface area contributed by atoms with Crippen LogP contribution in [0.15, 0.2) is 29.8 Å². The quantitative estimate of drug-likeness (QED) is 0.688. The molecule has 0 saturated heterocycles. The minimum atomic E-state index is -0.257. The van der Waals surface area contributed by atoms with Crippen molar-refractivity contribution in [1.82, 2.24) is 0 Å². The largest absolute Gasteiger partial charge is 0.295 e. The Kier molecular flexibility index (Phi) is 4.22. The minimum absolute atomic E-state index is 0.0844. The van der Waals surface area contributed by atoms with Crippen LogP contribution >= 0.6 is 0 Å². The lowest BCUT2D eigenvalue weighted by molar-refractivity contribution is -0.113. The molecule has 0 aliphatic rings. The lowest BCUT2D eigenvalue weighted by Gasteiger charge is -2.01. The molecule has 1 aromatic rings. The van der Waals surface area contributed by atoms with E-state index >= 15 is 0 Å². The summed E-state index contributed by atoms with van der Waals surface area (Å²) >= 11 is 0. The second-order valence-electron chi connectivity index (χ2n) is 3.53. The topological polar surface area (TPSA) is 17.1 Å². The standard InChI is InChI=1S/C13H15FO/c1-3-4-12(10(2)15)9-11-5-7-13(14)8-6-11/h5-9H,3-4H2,1-2H3/b12-9+. The Hall–Kier alpha value is -1.44. The molecule has 0 aliphatic carbocycles. The molecular formula is C13H15FO. The highest BCUT2D eigenvalue weighted by molar-refractivity contribution is 5.97. The van der Waals surface area contributed by atoms with Crippen molar-refractivity contribution in [3.63, 3.8) is 0 Å². The smallest absolute Gasteiger partial charge is 0.155 e. The van der Waals surface area contributed by atoms with E-state index in [9.17, 15) is 9.18 Å². The molecule has 0 aliphatic heterocycles. The van der Waals surface area contributed by atoms with Crippen molar-refractivity contribution in [2.45, 2.75) is 26.7 Å². The third-order valence-corrected chi connectivity index (χ3v) is 2.18. The molecule has 0 amide bonds. The molecule has 80 valence electrons. The van der Waals surface area contributed by atoms with Crippen LogP contribution < -0.4 is 0 Å². The zero-order valence-electron chi connectivity index (χ0n) is 9.09. The lowest BCUT2D eigenvalue weighted by Crippen LogP contribution is -1.95. The number of carbonyl (C=O) groups excluding carboxylic acids is 1. The van der Waals surface area contributed by atoms with Crippen LogP contribution in [0, 0.1) is 5.82 Å². The van der Waals surface area contributed by atoms with E-state index < -0.39 is 0 Å². The van der Waals surface area contributed by atoms with E-state index in [0.717, 1.165) is 24.0 Å². The van der Waals surface area contributed by atoms with Crippen molar-refractivity contribution in [3.05, 3.63) is 41.2 Å². The van der Waals surface area contributed by atoms with Gasteiger partial charge in [-0.3, -0.25) is 4.79 Å². The number of hydrogen-bond donors (Lipinski definition) is 0. The Bertz CT molecular complexity index is 363. The molecule has 0 heterocycles. The lowest BCUT2D eigenvalue weighted by atomic mass is 10.0. The van der Waals surface area contributed by atoms with E-state index in [1.165, 1.54) is 12.1 Å². The second-order valence-corrected chi connectivity index (χ2v) is 3.53. The number of benzene rings is 1. The fourth-order valence-electron chi connectivity index (χ4n) is 1.38. The fraction of sp³-hybridized carbons (Fsp3) is 0.308. The molecule has 0 radical (unpaired) electrons. The van der Waals surface area contributed by atoms with Gasteiger partial charge in [-0.15, -0.1) is 0 Å². The van der Waals surface area contributed by atoms with Gasteiger partial charge in [0.25, 0.3) is 0 Å². The van der Waals surface area contributed by atoms with E-state index in [-0.39, 0.29) is 11.6 Å². The summed E-state index contributed by atoms with van der Waals surface area (Å²) in [6.07, 6.45) is 3.53. The van der Waals surface area contributed by atoms with Crippen molar-refractivity contribution in [1.29, 1.82) is 0 Å². The first-order valence-corrected chi connectivity index (χ1v) is 5.10. The van der Waals surface area contributed by atoms with Crippen molar-refractivity contribution in [3.8, 4) is 0 Å². The van der Waals surface area contributed by atoms with Gasteiger partial charge in [0.1, 0.15) is 5.82 Å². The Morgan fingerprint density at radius 1 is 1.33 bits per heavy atom. The van der Waals surface area contributed by atoms with Gasteiger partial charge < -0.3 is 0 Å². The summed E-state index contributed by atoms with van der Waals surface area (Å²) in [5.74, 6) is -0.173. The Morgan fingerprint density at radius 2 is 1.93 bits per heavy atom. The van der Waals surface area contributed by atoms with Gasteiger partial charge in [-0.2, -0.15) is 0 Å². The highest BCUT2D eigenvalue weighted by Gasteiger charge is 2.02.